The molecule has 7 heteroatoms. The van der Waals surface area contributed by atoms with Gasteiger partial charge in [0.1, 0.15) is 0 Å². The number of carbonyl (C=O) groups excluding carboxylic acids is 2. The van der Waals surface area contributed by atoms with Gasteiger partial charge in [0.05, 0.1) is 17.0 Å². The van der Waals surface area contributed by atoms with Gasteiger partial charge >= 0.3 is 0 Å². The normalized spacial score (nSPS) is 18.0. The summed E-state index contributed by atoms with van der Waals surface area (Å²) >= 11 is 0. The second-order valence-corrected chi connectivity index (χ2v) is 6.84. The predicted molar refractivity (Wildman–Crippen MR) is 100.0 cm³/mol. The van der Waals surface area contributed by atoms with Crippen LogP contribution in [0.2, 0.25) is 0 Å². The quantitative estimate of drug-likeness (QED) is 0.735. The van der Waals surface area contributed by atoms with Gasteiger partial charge in [-0.25, -0.2) is 0 Å². The SMILES string of the molecule is Cc1cc(=O)c2cccc(C(=O)NCCN3CCCC(C(N)=O)C3)c2[nH]1. The number of piperidine rings is 1. The van der Waals surface area contributed by atoms with E-state index in [2.05, 4.69) is 15.2 Å². The first-order valence-corrected chi connectivity index (χ1v) is 8.88. The maximum absolute atomic E-state index is 12.6. The van der Waals surface area contributed by atoms with Crippen LogP contribution in [0.3, 0.4) is 0 Å². The third kappa shape index (κ3) is 3.94. The third-order valence-corrected chi connectivity index (χ3v) is 4.87. The molecule has 1 fully saturated rings. The molecule has 138 valence electrons. The van der Waals surface area contributed by atoms with Gasteiger partial charge in [0, 0.05) is 36.8 Å². The van der Waals surface area contributed by atoms with Crippen LogP contribution in [-0.2, 0) is 4.79 Å². The summed E-state index contributed by atoms with van der Waals surface area (Å²) in [7, 11) is 0. The molecule has 26 heavy (non-hydrogen) atoms. The van der Waals surface area contributed by atoms with Crippen molar-refractivity contribution in [1.29, 1.82) is 0 Å². The van der Waals surface area contributed by atoms with Gasteiger partial charge in [-0.3, -0.25) is 14.4 Å². The molecule has 2 amide bonds. The van der Waals surface area contributed by atoms with Crippen LogP contribution in [0.15, 0.2) is 29.1 Å². The number of aromatic nitrogens is 1. The number of fused-ring (bicyclic) bond motifs is 1. The molecule has 0 bridgehead atoms. The highest BCUT2D eigenvalue weighted by molar-refractivity contribution is 6.05. The van der Waals surface area contributed by atoms with Gasteiger partial charge in [-0.05, 0) is 38.4 Å². The first-order chi connectivity index (χ1) is 12.5. The summed E-state index contributed by atoms with van der Waals surface area (Å²) in [5.41, 5.74) is 7.02. The van der Waals surface area contributed by atoms with Gasteiger partial charge in [-0.15, -0.1) is 0 Å². The van der Waals surface area contributed by atoms with E-state index in [-0.39, 0.29) is 23.2 Å². The zero-order chi connectivity index (χ0) is 18.7. The molecule has 0 aliphatic carbocycles. The van der Waals surface area contributed by atoms with Crippen molar-refractivity contribution in [2.75, 3.05) is 26.2 Å². The summed E-state index contributed by atoms with van der Waals surface area (Å²) in [6, 6.07) is 6.65. The molecular weight excluding hydrogens is 332 g/mol. The van der Waals surface area contributed by atoms with E-state index in [1.54, 1.807) is 25.1 Å². The van der Waals surface area contributed by atoms with Gasteiger partial charge in [0.25, 0.3) is 5.91 Å². The molecule has 2 aromatic rings. The molecule has 1 aromatic heterocycles. The van der Waals surface area contributed by atoms with Crippen LogP contribution in [0.4, 0.5) is 0 Å². The topological polar surface area (TPSA) is 108 Å². The molecule has 2 heterocycles. The predicted octanol–water partition coefficient (Wildman–Crippen LogP) is 0.764. The number of nitrogens with one attached hydrogen (secondary N) is 2. The standard InChI is InChI=1S/C19H24N4O3/c1-12-10-16(24)14-5-2-6-15(17(14)22-12)19(26)21-7-9-23-8-3-4-13(11-23)18(20)25/h2,5-6,10,13H,3-4,7-9,11H2,1H3,(H2,20,25)(H,21,26)(H,22,24). The zero-order valence-electron chi connectivity index (χ0n) is 14.9. The van der Waals surface area contributed by atoms with Crippen LogP contribution >= 0.6 is 0 Å². The Morgan fingerprint density at radius 1 is 1.38 bits per heavy atom. The van der Waals surface area contributed by atoms with E-state index >= 15 is 0 Å². The van der Waals surface area contributed by atoms with Crippen molar-refractivity contribution in [2.45, 2.75) is 19.8 Å². The van der Waals surface area contributed by atoms with Crippen molar-refractivity contribution < 1.29 is 9.59 Å². The fourth-order valence-electron chi connectivity index (χ4n) is 3.50. The number of nitrogens with two attached hydrogens (primary N) is 1. The van der Waals surface area contributed by atoms with E-state index in [0.717, 1.165) is 19.4 Å². The van der Waals surface area contributed by atoms with Gasteiger partial charge in [0.15, 0.2) is 5.43 Å². The summed E-state index contributed by atoms with van der Waals surface area (Å²) in [5, 5.41) is 3.41. The number of hydrogen-bond donors (Lipinski definition) is 3. The number of likely N-dealkylation sites (tertiary alicyclic amines) is 1. The smallest absolute Gasteiger partial charge is 0.253 e. The Labute approximate surface area is 151 Å². The van der Waals surface area contributed by atoms with Gasteiger partial charge in [-0.2, -0.15) is 0 Å². The van der Waals surface area contributed by atoms with Crippen LogP contribution in [0.1, 0.15) is 28.9 Å². The number of H-pyrrole nitrogens is 1. The number of aromatic amines is 1. The minimum atomic E-state index is -0.256. The number of pyridine rings is 1. The number of amides is 2. The molecule has 1 saturated heterocycles. The minimum absolute atomic E-state index is 0.100. The first kappa shape index (κ1) is 18.1. The number of primary amides is 1. The fourth-order valence-corrected chi connectivity index (χ4v) is 3.50. The lowest BCUT2D eigenvalue weighted by Crippen LogP contribution is -2.44. The summed E-state index contributed by atoms with van der Waals surface area (Å²) in [6.45, 7) is 4.47. The zero-order valence-corrected chi connectivity index (χ0v) is 14.9. The van der Waals surface area contributed by atoms with E-state index < -0.39 is 0 Å². The summed E-state index contributed by atoms with van der Waals surface area (Å²) in [4.78, 5) is 41.3. The highest BCUT2D eigenvalue weighted by atomic mass is 16.2. The maximum atomic E-state index is 12.6. The van der Waals surface area contributed by atoms with Crippen molar-refractivity contribution in [3.63, 3.8) is 0 Å². The number of aryl methyl sites for hydroxylation is 1. The molecule has 1 atom stereocenters. The largest absolute Gasteiger partial charge is 0.369 e. The molecule has 0 radical (unpaired) electrons. The highest BCUT2D eigenvalue weighted by Gasteiger charge is 2.23. The van der Waals surface area contributed by atoms with Crippen molar-refractivity contribution in [3.8, 4) is 0 Å². The molecule has 3 rings (SSSR count). The third-order valence-electron chi connectivity index (χ3n) is 4.87. The van der Waals surface area contributed by atoms with Crippen LogP contribution in [-0.4, -0.2) is 47.9 Å². The highest BCUT2D eigenvalue weighted by Crippen LogP contribution is 2.16. The Morgan fingerprint density at radius 3 is 2.96 bits per heavy atom. The molecule has 1 aliphatic heterocycles. The first-order valence-electron chi connectivity index (χ1n) is 8.88. The minimum Gasteiger partial charge on any atom is -0.369 e. The van der Waals surface area contributed by atoms with Gasteiger partial charge < -0.3 is 20.9 Å². The number of para-hydroxylation sites is 1. The fraction of sp³-hybridized carbons (Fsp3) is 0.421. The number of nitrogens with zero attached hydrogens (tertiary/aromatic N) is 1. The molecule has 1 aromatic carbocycles. The van der Waals surface area contributed by atoms with Gasteiger partial charge in [0.2, 0.25) is 5.91 Å². The van der Waals surface area contributed by atoms with Crippen LogP contribution in [0, 0.1) is 12.8 Å². The van der Waals surface area contributed by atoms with Crippen LogP contribution < -0.4 is 16.5 Å². The Balaban J connectivity index is 1.65. The van der Waals surface area contributed by atoms with E-state index in [0.29, 0.717) is 41.8 Å². The lowest BCUT2D eigenvalue weighted by molar-refractivity contribution is -0.123. The molecule has 7 nitrogen and oxygen atoms in total. The summed E-state index contributed by atoms with van der Waals surface area (Å²) < 4.78 is 0. The second-order valence-electron chi connectivity index (χ2n) is 6.84. The Kier molecular flexibility index (Phi) is 5.37. The summed E-state index contributed by atoms with van der Waals surface area (Å²) in [5.74, 6) is -0.584. The molecule has 4 N–H and O–H groups in total. The van der Waals surface area contributed by atoms with Gasteiger partial charge in [-0.1, -0.05) is 6.07 Å². The van der Waals surface area contributed by atoms with Crippen molar-refractivity contribution in [2.24, 2.45) is 11.7 Å². The molecule has 0 spiro atoms. The lowest BCUT2D eigenvalue weighted by atomic mass is 9.97. The Hall–Kier alpha value is -2.67. The van der Waals surface area contributed by atoms with E-state index in [9.17, 15) is 14.4 Å². The van der Waals surface area contributed by atoms with Crippen molar-refractivity contribution >= 4 is 22.7 Å². The van der Waals surface area contributed by atoms with Crippen molar-refractivity contribution in [1.82, 2.24) is 15.2 Å². The Morgan fingerprint density at radius 2 is 2.19 bits per heavy atom. The average molecular weight is 356 g/mol. The molecular formula is C19H24N4O3. The second kappa shape index (κ2) is 7.70. The average Bonchev–Trinajstić information content (AvgIpc) is 2.61. The number of benzene rings is 1. The number of carbonyl (C=O) groups is 2. The van der Waals surface area contributed by atoms with Crippen LogP contribution in [0.25, 0.3) is 10.9 Å². The monoisotopic (exact) mass is 356 g/mol. The lowest BCUT2D eigenvalue weighted by Gasteiger charge is -2.31. The summed E-state index contributed by atoms with van der Waals surface area (Å²) in [6.07, 6.45) is 1.77. The number of rotatable bonds is 5. The van der Waals surface area contributed by atoms with E-state index in [1.165, 1.54) is 6.07 Å². The maximum Gasteiger partial charge on any atom is 0.253 e. The van der Waals surface area contributed by atoms with Crippen LogP contribution in [0.5, 0.6) is 0 Å². The van der Waals surface area contributed by atoms with E-state index in [4.69, 9.17) is 5.73 Å². The molecule has 0 saturated carbocycles. The van der Waals surface area contributed by atoms with E-state index in [1.807, 2.05) is 0 Å². The molecule has 1 unspecified atom stereocenters. The van der Waals surface area contributed by atoms with Crippen molar-refractivity contribution in [3.05, 3.63) is 45.7 Å². The Bertz CT molecular complexity index is 890. The number of hydrogen-bond acceptors (Lipinski definition) is 4. The molecule has 1 aliphatic rings.